The molecule has 0 unspecified atom stereocenters. The molecule has 0 bridgehead atoms. The average molecular weight is 275 g/mol. The van der Waals surface area contributed by atoms with Gasteiger partial charge in [0.2, 0.25) is 10.0 Å². The second kappa shape index (κ2) is 4.65. The second-order valence-corrected chi connectivity index (χ2v) is 6.52. The van der Waals surface area contributed by atoms with Crippen LogP contribution in [0.15, 0.2) is 29.2 Å². The van der Waals surface area contributed by atoms with Crippen molar-refractivity contribution in [3.8, 4) is 12.1 Å². The first-order chi connectivity index (χ1) is 8.91. The standard InChI is InChI=1S/C13H13N3O2S/c1-13(9-15,11-5-6-11)16-19(17,18)12-4-2-3-10(7-12)8-14/h2-4,7,11,16H,5-6H2,1H3/t13-/m0/s1. The summed E-state index contributed by atoms with van der Waals surface area (Å²) >= 11 is 0. The average Bonchev–Trinajstić information content (AvgIpc) is 3.23. The molecule has 6 heteroatoms. The van der Waals surface area contributed by atoms with Crippen LogP contribution in [0.5, 0.6) is 0 Å². The molecule has 98 valence electrons. The smallest absolute Gasteiger partial charge is 0.207 e. The van der Waals surface area contributed by atoms with E-state index in [1.807, 2.05) is 12.1 Å². The molecule has 1 aliphatic carbocycles. The lowest BCUT2D eigenvalue weighted by molar-refractivity contribution is 0.458. The third-order valence-electron chi connectivity index (χ3n) is 3.25. The summed E-state index contributed by atoms with van der Waals surface area (Å²) < 4.78 is 26.9. The Balaban J connectivity index is 2.33. The minimum absolute atomic E-state index is 0.00803. The molecule has 0 spiro atoms. The summed E-state index contributed by atoms with van der Waals surface area (Å²) in [6.45, 7) is 1.59. The van der Waals surface area contributed by atoms with Gasteiger partial charge in [-0.05, 0) is 43.9 Å². The second-order valence-electron chi connectivity index (χ2n) is 4.83. The van der Waals surface area contributed by atoms with Crippen LogP contribution in [0.4, 0.5) is 0 Å². The number of hydrogen-bond donors (Lipinski definition) is 1. The molecule has 1 N–H and O–H groups in total. The Morgan fingerprint density at radius 2 is 2.05 bits per heavy atom. The van der Waals surface area contributed by atoms with E-state index >= 15 is 0 Å². The molecule has 1 aromatic rings. The molecule has 0 heterocycles. The quantitative estimate of drug-likeness (QED) is 0.901. The van der Waals surface area contributed by atoms with Gasteiger partial charge in [0.05, 0.1) is 22.6 Å². The summed E-state index contributed by atoms with van der Waals surface area (Å²) in [5.41, 5.74) is -0.811. The van der Waals surface area contributed by atoms with E-state index in [4.69, 9.17) is 5.26 Å². The highest BCUT2D eigenvalue weighted by Gasteiger charge is 2.44. The normalized spacial score (nSPS) is 18.1. The van der Waals surface area contributed by atoms with Crippen molar-refractivity contribution >= 4 is 10.0 Å². The van der Waals surface area contributed by atoms with Crippen molar-refractivity contribution in [1.29, 1.82) is 10.5 Å². The van der Waals surface area contributed by atoms with Crippen LogP contribution < -0.4 is 4.72 Å². The number of nitrogens with one attached hydrogen (secondary N) is 1. The molecule has 1 aliphatic rings. The number of nitriles is 2. The number of rotatable bonds is 4. The highest BCUT2D eigenvalue weighted by atomic mass is 32.2. The first-order valence-corrected chi connectivity index (χ1v) is 7.35. The van der Waals surface area contributed by atoms with Gasteiger partial charge in [-0.15, -0.1) is 0 Å². The molecule has 1 aromatic carbocycles. The third kappa shape index (κ3) is 2.76. The molecule has 0 aliphatic heterocycles. The minimum atomic E-state index is -3.79. The maximum absolute atomic E-state index is 12.2. The summed E-state index contributed by atoms with van der Waals surface area (Å²) in [7, 11) is -3.79. The summed E-state index contributed by atoms with van der Waals surface area (Å²) in [4.78, 5) is 0.00803. The van der Waals surface area contributed by atoms with Crippen molar-refractivity contribution in [2.75, 3.05) is 0 Å². The zero-order valence-electron chi connectivity index (χ0n) is 10.4. The van der Waals surface area contributed by atoms with Crippen LogP contribution in [0.3, 0.4) is 0 Å². The Morgan fingerprint density at radius 1 is 1.37 bits per heavy atom. The van der Waals surface area contributed by atoms with Gasteiger partial charge in [-0.25, -0.2) is 8.42 Å². The molecule has 1 saturated carbocycles. The van der Waals surface area contributed by atoms with E-state index in [1.165, 1.54) is 24.3 Å². The van der Waals surface area contributed by atoms with Gasteiger partial charge in [0.15, 0.2) is 0 Å². The molecule has 0 radical (unpaired) electrons. The van der Waals surface area contributed by atoms with E-state index in [0.29, 0.717) is 0 Å². The van der Waals surface area contributed by atoms with Gasteiger partial charge in [0, 0.05) is 0 Å². The van der Waals surface area contributed by atoms with Crippen LogP contribution in [0.1, 0.15) is 25.3 Å². The number of hydrogen-bond acceptors (Lipinski definition) is 4. The zero-order valence-corrected chi connectivity index (χ0v) is 11.2. The molecule has 5 nitrogen and oxygen atoms in total. The topological polar surface area (TPSA) is 93.8 Å². The number of benzene rings is 1. The van der Waals surface area contributed by atoms with Gasteiger partial charge in [-0.2, -0.15) is 15.2 Å². The van der Waals surface area contributed by atoms with Crippen LogP contribution in [0.2, 0.25) is 0 Å². The van der Waals surface area contributed by atoms with Crippen molar-refractivity contribution in [3.63, 3.8) is 0 Å². The van der Waals surface area contributed by atoms with Gasteiger partial charge in [-0.3, -0.25) is 0 Å². The molecule has 2 rings (SSSR count). The first-order valence-electron chi connectivity index (χ1n) is 5.87. The van der Waals surface area contributed by atoms with E-state index < -0.39 is 15.6 Å². The summed E-state index contributed by atoms with van der Waals surface area (Å²) in [6.07, 6.45) is 1.70. The van der Waals surface area contributed by atoms with Gasteiger partial charge in [0.25, 0.3) is 0 Å². The first kappa shape index (κ1) is 13.5. The predicted molar refractivity (Wildman–Crippen MR) is 68.2 cm³/mol. The lowest BCUT2D eigenvalue weighted by Crippen LogP contribution is -2.46. The monoisotopic (exact) mass is 275 g/mol. The Labute approximate surface area is 112 Å². The van der Waals surface area contributed by atoms with Gasteiger partial charge < -0.3 is 0 Å². The van der Waals surface area contributed by atoms with E-state index in [9.17, 15) is 13.7 Å². The largest absolute Gasteiger partial charge is 0.241 e. The molecule has 1 atom stereocenters. The van der Waals surface area contributed by atoms with Crippen LogP contribution in [-0.2, 0) is 10.0 Å². The van der Waals surface area contributed by atoms with Crippen LogP contribution in [-0.4, -0.2) is 14.0 Å². The molecular formula is C13H13N3O2S. The summed E-state index contributed by atoms with van der Waals surface area (Å²) in [5.74, 6) is 0.0615. The van der Waals surface area contributed by atoms with Crippen molar-refractivity contribution < 1.29 is 8.42 Å². The molecule has 0 aromatic heterocycles. The fourth-order valence-electron chi connectivity index (χ4n) is 1.93. The third-order valence-corrected chi connectivity index (χ3v) is 4.81. The lowest BCUT2D eigenvalue weighted by Gasteiger charge is -2.22. The highest BCUT2D eigenvalue weighted by Crippen LogP contribution is 2.39. The molecule has 19 heavy (non-hydrogen) atoms. The van der Waals surface area contributed by atoms with Crippen molar-refractivity contribution in [1.82, 2.24) is 4.72 Å². The van der Waals surface area contributed by atoms with E-state index in [2.05, 4.69) is 4.72 Å². The van der Waals surface area contributed by atoms with Crippen LogP contribution >= 0.6 is 0 Å². The predicted octanol–water partition coefficient (Wildman–Crippen LogP) is 1.53. The Kier molecular flexibility index (Phi) is 3.32. The summed E-state index contributed by atoms with van der Waals surface area (Å²) in [5, 5.41) is 18.0. The van der Waals surface area contributed by atoms with Gasteiger partial charge >= 0.3 is 0 Å². The van der Waals surface area contributed by atoms with E-state index in [-0.39, 0.29) is 16.4 Å². The van der Waals surface area contributed by atoms with Crippen LogP contribution in [0.25, 0.3) is 0 Å². The minimum Gasteiger partial charge on any atom is -0.207 e. The maximum Gasteiger partial charge on any atom is 0.241 e. The number of sulfonamides is 1. The van der Waals surface area contributed by atoms with Crippen LogP contribution in [0, 0.1) is 28.6 Å². The fourth-order valence-corrected chi connectivity index (χ4v) is 3.36. The SMILES string of the molecule is C[C@@](C#N)(NS(=O)(=O)c1cccc(C#N)c1)C1CC1. The van der Waals surface area contributed by atoms with E-state index in [1.54, 1.807) is 6.92 Å². The van der Waals surface area contributed by atoms with Gasteiger partial charge in [0.1, 0.15) is 5.54 Å². The maximum atomic E-state index is 12.2. The lowest BCUT2D eigenvalue weighted by atomic mass is 10.0. The molecule has 0 amide bonds. The zero-order chi connectivity index (χ0) is 14.1. The molecular weight excluding hydrogens is 262 g/mol. The molecule has 0 saturated heterocycles. The summed E-state index contributed by atoms with van der Waals surface area (Å²) in [6, 6.07) is 9.68. The van der Waals surface area contributed by atoms with Crippen molar-refractivity contribution in [2.45, 2.75) is 30.2 Å². The van der Waals surface area contributed by atoms with Crippen molar-refractivity contribution in [3.05, 3.63) is 29.8 Å². The Hall–Kier alpha value is -1.89. The fraction of sp³-hybridized carbons (Fsp3) is 0.385. The molecule has 1 fully saturated rings. The van der Waals surface area contributed by atoms with Gasteiger partial charge in [-0.1, -0.05) is 6.07 Å². The van der Waals surface area contributed by atoms with E-state index in [0.717, 1.165) is 12.8 Å². The van der Waals surface area contributed by atoms with Crippen molar-refractivity contribution in [2.24, 2.45) is 5.92 Å². The number of nitrogens with zero attached hydrogens (tertiary/aromatic N) is 2. The Morgan fingerprint density at radius 3 is 2.58 bits per heavy atom. The highest BCUT2D eigenvalue weighted by molar-refractivity contribution is 7.89. The Bertz CT molecular complexity index is 681.